The monoisotopic (exact) mass is 238 g/mol. The summed E-state index contributed by atoms with van der Waals surface area (Å²) in [6.07, 6.45) is 1.78. The highest BCUT2D eigenvalue weighted by Gasteiger charge is 2.33. The lowest BCUT2D eigenvalue weighted by Crippen LogP contribution is -2.23. The van der Waals surface area contributed by atoms with Gasteiger partial charge in [0.25, 0.3) is 0 Å². The van der Waals surface area contributed by atoms with E-state index in [2.05, 4.69) is 0 Å². The molecule has 2 nitrogen and oxygen atoms in total. The summed E-state index contributed by atoms with van der Waals surface area (Å²) in [7, 11) is 0. The Morgan fingerprint density at radius 3 is 3.06 bits per heavy atom. The topological polar surface area (TPSA) is 26.3 Å². The molecule has 1 aliphatic heterocycles. The van der Waals surface area contributed by atoms with E-state index in [1.807, 2.05) is 19.1 Å². The quantitative estimate of drug-likeness (QED) is 0.755. The standard InChI is InChI=1S/C13H15ClO2/c1-2-12-11(6-7-16-12)13(15)9-4-3-5-10(14)8-9/h3-5,8,11-12H,2,6-7H2,1H3. The van der Waals surface area contributed by atoms with Gasteiger partial charge < -0.3 is 4.74 Å². The van der Waals surface area contributed by atoms with Crippen molar-refractivity contribution < 1.29 is 9.53 Å². The summed E-state index contributed by atoms with van der Waals surface area (Å²) in [4.78, 5) is 12.2. The maximum atomic E-state index is 12.2. The van der Waals surface area contributed by atoms with Crippen LogP contribution in [0.25, 0.3) is 0 Å². The van der Waals surface area contributed by atoms with Gasteiger partial charge in [0.15, 0.2) is 5.78 Å². The van der Waals surface area contributed by atoms with Gasteiger partial charge in [-0.15, -0.1) is 0 Å². The molecule has 1 aromatic carbocycles. The molecule has 16 heavy (non-hydrogen) atoms. The Balaban J connectivity index is 2.18. The number of hydrogen-bond donors (Lipinski definition) is 0. The van der Waals surface area contributed by atoms with Crippen LogP contribution < -0.4 is 0 Å². The molecule has 86 valence electrons. The second kappa shape index (κ2) is 4.98. The zero-order chi connectivity index (χ0) is 11.5. The summed E-state index contributed by atoms with van der Waals surface area (Å²) >= 11 is 5.88. The van der Waals surface area contributed by atoms with Gasteiger partial charge in [-0.3, -0.25) is 4.79 Å². The van der Waals surface area contributed by atoms with Gasteiger partial charge in [-0.05, 0) is 25.0 Å². The predicted molar refractivity (Wildman–Crippen MR) is 63.9 cm³/mol. The zero-order valence-corrected chi connectivity index (χ0v) is 10.0. The molecule has 1 aromatic rings. The molecule has 0 bridgehead atoms. The highest BCUT2D eigenvalue weighted by Crippen LogP contribution is 2.27. The Morgan fingerprint density at radius 2 is 2.38 bits per heavy atom. The van der Waals surface area contributed by atoms with Crippen molar-refractivity contribution >= 4 is 17.4 Å². The number of ether oxygens (including phenoxy) is 1. The van der Waals surface area contributed by atoms with Crippen molar-refractivity contribution in [3.63, 3.8) is 0 Å². The normalized spacial score (nSPS) is 24.6. The lowest BCUT2D eigenvalue weighted by Gasteiger charge is -2.15. The van der Waals surface area contributed by atoms with Gasteiger partial charge >= 0.3 is 0 Å². The fraction of sp³-hybridized carbons (Fsp3) is 0.462. The molecule has 0 radical (unpaired) electrons. The van der Waals surface area contributed by atoms with E-state index >= 15 is 0 Å². The van der Waals surface area contributed by atoms with Gasteiger partial charge in [0, 0.05) is 17.2 Å². The van der Waals surface area contributed by atoms with Crippen LogP contribution in [0.4, 0.5) is 0 Å². The van der Waals surface area contributed by atoms with E-state index in [0.717, 1.165) is 12.8 Å². The SMILES string of the molecule is CCC1OCCC1C(=O)c1cccc(Cl)c1. The first-order valence-corrected chi connectivity index (χ1v) is 6.01. The van der Waals surface area contributed by atoms with Crippen LogP contribution in [0.3, 0.4) is 0 Å². The summed E-state index contributed by atoms with van der Waals surface area (Å²) in [6.45, 7) is 2.74. The predicted octanol–water partition coefficient (Wildman–Crippen LogP) is 3.34. The zero-order valence-electron chi connectivity index (χ0n) is 9.28. The molecular weight excluding hydrogens is 224 g/mol. The third-order valence-electron chi connectivity index (χ3n) is 3.06. The smallest absolute Gasteiger partial charge is 0.168 e. The third kappa shape index (κ3) is 2.28. The first-order chi connectivity index (χ1) is 7.72. The number of carbonyl (C=O) groups excluding carboxylic acids is 1. The van der Waals surface area contributed by atoms with Crippen LogP contribution in [-0.4, -0.2) is 18.5 Å². The van der Waals surface area contributed by atoms with Crippen molar-refractivity contribution in [3.05, 3.63) is 34.9 Å². The Labute approximate surface area is 101 Å². The molecular formula is C13H15ClO2. The number of carbonyl (C=O) groups is 1. The Kier molecular flexibility index (Phi) is 3.62. The van der Waals surface area contributed by atoms with Gasteiger partial charge in [0.05, 0.1) is 12.0 Å². The van der Waals surface area contributed by atoms with Crippen molar-refractivity contribution in [2.75, 3.05) is 6.61 Å². The van der Waals surface area contributed by atoms with Crippen LogP contribution in [0, 0.1) is 5.92 Å². The van der Waals surface area contributed by atoms with Crippen LogP contribution in [0.5, 0.6) is 0 Å². The Morgan fingerprint density at radius 1 is 1.56 bits per heavy atom. The van der Waals surface area contributed by atoms with E-state index in [4.69, 9.17) is 16.3 Å². The number of benzene rings is 1. The van der Waals surface area contributed by atoms with Gasteiger partial charge in [-0.25, -0.2) is 0 Å². The second-order valence-corrected chi connectivity index (χ2v) is 4.52. The maximum absolute atomic E-state index is 12.2. The summed E-state index contributed by atoms with van der Waals surface area (Å²) in [5.41, 5.74) is 0.696. The lowest BCUT2D eigenvalue weighted by molar-refractivity contribution is 0.0689. The fourth-order valence-corrected chi connectivity index (χ4v) is 2.40. The van der Waals surface area contributed by atoms with Crippen molar-refractivity contribution in [2.24, 2.45) is 5.92 Å². The molecule has 2 atom stereocenters. The van der Waals surface area contributed by atoms with Gasteiger partial charge in [0.2, 0.25) is 0 Å². The molecule has 1 aliphatic rings. The van der Waals surface area contributed by atoms with E-state index in [0.29, 0.717) is 17.2 Å². The van der Waals surface area contributed by atoms with Crippen molar-refractivity contribution in [2.45, 2.75) is 25.9 Å². The Hall–Kier alpha value is -0.860. The van der Waals surface area contributed by atoms with E-state index in [-0.39, 0.29) is 17.8 Å². The van der Waals surface area contributed by atoms with Crippen LogP contribution in [0.15, 0.2) is 24.3 Å². The first-order valence-electron chi connectivity index (χ1n) is 5.63. The molecule has 0 saturated carbocycles. The molecule has 0 aliphatic carbocycles. The number of halogens is 1. The minimum absolute atomic E-state index is 0.00321. The minimum Gasteiger partial charge on any atom is -0.377 e. The fourth-order valence-electron chi connectivity index (χ4n) is 2.21. The molecule has 0 amide bonds. The molecule has 1 saturated heterocycles. The third-order valence-corrected chi connectivity index (χ3v) is 3.29. The number of hydrogen-bond acceptors (Lipinski definition) is 2. The highest BCUT2D eigenvalue weighted by atomic mass is 35.5. The van der Waals surface area contributed by atoms with Crippen molar-refractivity contribution in [1.29, 1.82) is 0 Å². The summed E-state index contributed by atoms with van der Waals surface area (Å²) in [5.74, 6) is 0.162. The molecule has 0 spiro atoms. The molecule has 0 aromatic heterocycles. The molecule has 2 rings (SSSR count). The first kappa shape index (κ1) is 11.6. The van der Waals surface area contributed by atoms with Crippen LogP contribution >= 0.6 is 11.6 Å². The molecule has 1 fully saturated rings. The lowest BCUT2D eigenvalue weighted by atomic mass is 9.90. The van der Waals surface area contributed by atoms with E-state index < -0.39 is 0 Å². The van der Waals surface area contributed by atoms with Gasteiger partial charge in [-0.1, -0.05) is 30.7 Å². The van der Waals surface area contributed by atoms with E-state index in [1.165, 1.54) is 0 Å². The van der Waals surface area contributed by atoms with E-state index in [1.54, 1.807) is 12.1 Å². The number of rotatable bonds is 3. The molecule has 2 unspecified atom stereocenters. The van der Waals surface area contributed by atoms with Crippen LogP contribution in [0.1, 0.15) is 30.1 Å². The second-order valence-electron chi connectivity index (χ2n) is 4.09. The minimum atomic E-state index is 0.00321. The average molecular weight is 239 g/mol. The summed E-state index contributed by atoms with van der Waals surface area (Å²) in [6, 6.07) is 7.14. The van der Waals surface area contributed by atoms with Crippen molar-refractivity contribution in [1.82, 2.24) is 0 Å². The average Bonchev–Trinajstić information content (AvgIpc) is 2.76. The van der Waals surface area contributed by atoms with Crippen LogP contribution in [0.2, 0.25) is 5.02 Å². The summed E-state index contributed by atoms with van der Waals surface area (Å²) < 4.78 is 5.53. The van der Waals surface area contributed by atoms with Crippen LogP contribution in [-0.2, 0) is 4.74 Å². The van der Waals surface area contributed by atoms with E-state index in [9.17, 15) is 4.79 Å². The van der Waals surface area contributed by atoms with Crippen molar-refractivity contribution in [3.8, 4) is 0 Å². The number of Topliss-reactive ketones (excluding diaryl/α,β-unsaturated/α-hetero) is 1. The molecule has 3 heteroatoms. The Bertz CT molecular complexity index is 389. The molecule has 0 N–H and O–H groups in total. The van der Waals surface area contributed by atoms with Gasteiger partial charge in [-0.2, -0.15) is 0 Å². The summed E-state index contributed by atoms with van der Waals surface area (Å²) in [5, 5.41) is 0.609. The maximum Gasteiger partial charge on any atom is 0.168 e. The molecule has 1 heterocycles. The van der Waals surface area contributed by atoms with Gasteiger partial charge in [0.1, 0.15) is 0 Å². The largest absolute Gasteiger partial charge is 0.377 e. The number of ketones is 1. The highest BCUT2D eigenvalue weighted by molar-refractivity contribution is 6.31.